The SMILES string of the molecule is C=CCON1C(=O)N2CC1C(COC)=C[C@H]2CO. The summed E-state index contributed by atoms with van der Waals surface area (Å²) >= 11 is 0. The molecule has 0 radical (unpaired) electrons. The summed E-state index contributed by atoms with van der Waals surface area (Å²) in [6.07, 6.45) is 3.47. The molecule has 2 aliphatic rings. The van der Waals surface area contributed by atoms with Crippen LogP contribution in [0.4, 0.5) is 4.79 Å². The number of ether oxygens (including phenoxy) is 1. The second-order valence-corrected chi connectivity index (χ2v) is 4.29. The van der Waals surface area contributed by atoms with Crippen molar-refractivity contribution in [3.05, 3.63) is 24.3 Å². The van der Waals surface area contributed by atoms with Crippen LogP contribution in [0.5, 0.6) is 0 Å². The van der Waals surface area contributed by atoms with E-state index in [2.05, 4.69) is 6.58 Å². The fourth-order valence-corrected chi connectivity index (χ4v) is 2.33. The maximum Gasteiger partial charge on any atom is 0.345 e. The predicted molar refractivity (Wildman–Crippen MR) is 64.7 cm³/mol. The summed E-state index contributed by atoms with van der Waals surface area (Å²) in [6.45, 7) is 4.70. The number of fused-ring (bicyclic) bond motifs is 2. The molecule has 1 fully saturated rings. The standard InChI is InChI=1S/C12H18N2O4/c1-3-4-18-14-11-6-13(12(14)16)10(7-15)5-9(11)8-17-2/h3,5,10-11,15H,1,4,6-8H2,2H3/t10-,11?/m0/s1. The molecule has 6 heteroatoms. The summed E-state index contributed by atoms with van der Waals surface area (Å²) in [5, 5.41) is 10.7. The summed E-state index contributed by atoms with van der Waals surface area (Å²) in [7, 11) is 1.60. The highest BCUT2D eigenvalue weighted by Crippen LogP contribution is 2.30. The average Bonchev–Trinajstić information content (AvgIpc) is 2.65. The van der Waals surface area contributed by atoms with Gasteiger partial charge in [-0.2, -0.15) is 5.06 Å². The molecule has 0 aliphatic carbocycles. The van der Waals surface area contributed by atoms with Crippen LogP contribution in [0.15, 0.2) is 24.3 Å². The van der Waals surface area contributed by atoms with E-state index in [9.17, 15) is 9.90 Å². The number of amides is 2. The second kappa shape index (κ2) is 5.51. The van der Waals surface area contributed by atoms with Crippen LogP contribution < -0.4 is 0 Å². The summed E-state index contributed by atoms with van der Waals surface area (Å²) in [5.74, 6) is 0. The first kappa shape index (κ1) is 13.1. The van der Waals surface area contributed by atoms with Gasteiger partial charge in [0.25, 0.3) is 0 Å². The third-order valence-electron chi connectivity index (χ3n) is 3.15. The highest BCUT2D eigenvalue weighted by Gasteiger charge is 2.46. The Hall–Kier alpha value is -1.37. The first-order valence-electron chi connectivity index (χ1n) is 5.87. The van der Waals surface area contributed by atoms with Gasteiger partial charge in [0, 0.05) is 7.11 Å². The molecule has 2 aliphatic heterocycles. The zero-order chi connectivity index (χ0) is 13.1. The highest BCUT2D eigenvalue weighted by atomic mass is 16.7. The third kappa shape index (κ3) is 2.14. The number of hydroxylamine groups is 2. The number of rotatable bonds is 6. The second-order valence-electron chi connectivity index (χ2n) is 4.29. The number of urea groups is 1. The van der Waals surface area contributed by atoms with E-state index < -0.39 is 0 Å². The van der Waals surface area contributed by atoms with Crippen molar-refractivity contribution >= 4 is 6.03 Å². The molecule has 1 N–H and O–H groups in total. The van der Waals surface area contributed by atoms with Gasteiger partial charge in [0.1, 0.15) is 6.04 Å². The minimum absolute atomic E-state index is 0.0963. The molecule has 0 spiro atoms. The van der Waals surface area contributed by atoms with Gasteiger partial charge in [-0.1, -0.05) is 12.2 Å². The molecule has 100 valence electrons. The predicted octanol–water partition coefficient (Wildman–Crippen LogP) is 0.158. The van der Waals surface area contributed by atoms with Crippen LogP contribution >= 0.6 is 0 Å². The van der Waals surface area contributed by atoms with Crippen LogP contribution in [-0.2, 0) is 9.57 Å². The quantitative estimate of drug-likeness (QED) is 0.686. The third-order valence-corrected chi connectivity index (χ3v) is 3.15. The lowest BCUT2D eigenvalue weighted by Crippen LogP contribution is -2.41. The molecule has 0 saturated carbocycles. The molecule has 6 nitrogen and oxygen atoms in total. The monoisotopic (exact) mass is 254 g/mol. The Kier molecular flexibility index (Phi) is 4.00. The van der Waals surface area contributed by atoms with Crippen LogP contribution in [0.2, 0.25) is 0 Å². The molecule has 0 aromatic rings. The number of hydrogen-bond acceptors (Lipinski definition) is 4. The largest absolute Gasteiger partial charge is 0.394 e. The van der Waals surface area contributed by atoms with Gasteiger partial charge in [0.2, 0.25) is 0 Å². The Morgan fingerprint density at radius 2 is 2.44 bits per heavy atom. The molecule has 1 saturated heterocycles. The van der Waals surface area contributed by atoms with Crippen molar-refractivity contribution in [2.45, 2.75) is 12.1 Å². The van der Waals surface area contributed by atoms with Gasteiger partial charge >= 0.3 is 6.03 Å². The van der Waals surface area contributed by atoms with Crippen molar-refractivity contribution in [3.8, 4) is 0 Å². The molecule has 1 unspecified atom stereocenters. The number of hydrogen-bond donors (Lipinski definition) is 1. The van der Waals surface area contributed by atoms with Crippen LogP contribution in [-0.4, -0.2) is 66.7 Å². The smallest absolute Gasteiger partial charge is 0.345 e. The topological polar surface area (TPSA) is 62.2 Å². The highest BCUT2D eigenvalue weighted by molar-refractivity contribution is 5.78. The fourth-order valence-electron chi connectivity index (χ4n) is 2.33. The number of carbonyl (C=O) groups is 1. The zero-order valence-electron chi connectivity index (χ0n) is 10.4. The van der Waals surface area contributed by atoms with Gasteiger partial charge in [-0.3, -0.25) is 4.84 Å². The molecular weight excluding hydrogens is 236 g/mol. The van der Waals surface area contributed by atoms with Crippen LogP contribution in [0.25, 0.3) is 0 Å². The average molecular weight is 254 g/mol. The van der Waals surface area contributed by atoms with E-state index in [-0.39, 0.29) is 31.3 Å². The van der Waals surface area contributed by atoms with E-state index >= 15 is 0 Å². The van der Waals surface area contributed by atoms with Crippen molar-refractivity contribution in [1.82, 2.24) is 9.96 Å². The summed E-state index contributed by atoms with van der Waals surface area (Å²) < 4.78 is 5.13. The van der Waals surface area contributed by atoms with E-state index in [1.165, 1.54) is 5.06 Å². The van der Waals surface area contributed by atoms with Crippen molar-refractivity contribution in [2.75, 3.05) is 33.5 Å². The van der Waals surface area contributed by atoms with Gasteiger partial charge < -0.3 is 14.7 Å². The van der Waals surface area contributed by atoms with Gasteiger partial charge in [0.15, 0.2) is 0 Å². The van der Waals surface area contributed by atoms with Crippen LogP contribution in [0.3, 0.4) is 0 Å². The maximum atomic E-state index is 12.1. The van der Waals surface area contributed by atoms with E-state index in [4.69, 9.17) is 9.57 Å². The van der Waals surface area contributed by atoms with E-state index in [0.29, 0.717) is 13.2 Å². The summed E-state index contributed by atoms with van der Waals surface area (Å²) in [4.78, 5) is 19.1. The lowest BCUT2D eigenvalue weighted by molar-refractivity contribution is -0.111. The van der Waals surface area contributed by atoms with Gasteiger partial charge in [0.05, 0.1) is 32.4 Å². The Balaban J connectivity index is 2.20. The van der Waals surface area contributed by atoms with E-state index in [1.54, 1.807) is 18.1 Å². The van der Waals surface area contributed by atoms with Gasteiger partial charge in [-0.15, -0.1) is 6.58 Å². The number of nitrogens with zero attached hydrogens (tertiary/aromatic N) is 2. The van der Waals surface area contributed by atoms with Crippen molar-refractivity contribution in [3.63, 3.8) is 0 Å². The summed E-state index contributed by atoms with van der Waals surface area (Å²) in [5.41, 5.74) is 0.961. The first-order valence-corrected chi connectivity index (χ1v) is 5.87. The molecule has 2 bridgehead atoms. The normalized spacial score (nSPS) is 26.6. The molecule has 0 aromatic heterocycles. The van der Waals surface area contributed by atoms with Crippen LogP contribution in [0.1, 0.15) is 0 Å². The number of methoxy groups -OCH3 is 1. The molecule has 18 heavy (non-hydrogen) atoms. The lowest BCUT2D eigenvalue weighted by atomic mass is 10.0. The lowest BCUT2D eigenvalue weighted by Gasteiger charge is -2.28. The van der Waals surface area contributed by atoms with Gasteiger partial charge in [-0.05, 0) is 5.57 Å². The fraction of sp³-hybridized carbons (Fsp3) is 0.583. The van der Waals surface area contributed by atoms with Crippen molar-refractivity contribution in [2.24, 2.45) is 0 Å². The first-order chi connectivity index (χ1) is 8.72. The van der Waals surface area contributed by atoms with Crippen molar-refractivity contribution < 1.29 is 19.5 Å². The van der Waals surface area contributed by atoms with E-state index in [0.717, 1.165) is 5.57 Å². The molecule has 2 amide bonds. The Labute approximate surface area is 106 Å². The van der Waals surface area contributed by atoms with Crippen molar-refractivity contribution in [1.29, 1.82) is 0 Å². The maximum absolute atomic E-state index is 12.1. The molecule has 2 rings (SSSR count). The minimum atomic E-state index is -0.295. The van der Waals surface area contributed by atoms with E-state index in [1.807, 2.05) is 6.08 Å². The number of carbonyl (C=O) groups excluding carboxylic acids is 1. The molecule has 2 atom stereocenters. The number of aliphatic hydroxyl groups is 1. The minimum Gasteiger partial charge on any atom is -0.394 e. The zero-order valence-corrected chi connectivity index (χ0v) is 10.4. The van der Waals surface area contributed by atoms with Gasteiger partial charge in [-0.25, -0.2) is 4.79 Å². The molecule has 0 aromatic carbocycles. The molecule has 2 heterocycles. The molecular formula is C12H18N2O4. The van der Waals surface area contributed by atoms with Crippen LogP contribution in [0, 0.1) is 0 Å². The summed E-state index contributed by atoms with van der Waals surface area (Å²) in [6, 6.07) is -0.653. The Bertz CT molecular complexity index is 369. The number of aliphatic hydroxyl groups excluding tert-OH is 1. The Morgan fingerprint density at radius 3 is 3.06 bits per heavy atom. The Morgan fingerprint density at radius 1 is 1.67 bits per heavy atom.